The van der Waals surface area contributed by atoms with Gasteiger partial charge in [-0.2, -0.15) is 5.10 Å². The second kappa shape index (κ2) is 9.49. The van der Waals surface area contributed by atoms with E-state index in [0.717, 1.165) is 29.8 Å². The van der Waals surface area contributed by atoms with Crippen molar-refractivity contribution in [1.29, 1.82) is 0 Å². The number of ether oxygens (including phenoxy) is 1. The van der Waals surface area contributed by atoms with Crippen molar-refractivity contribution in [2.24, 2.45) is 5.92 Å². The summed E-state index contributed by atoms with van der Waals surface area (Å²) in [6, 6.07) is 7.41. The van der Waals surface area contributed by atoms with Crippen LogP contribution in [0, 0.1) is 5.92 Å². The quantitative estimate of drug-likeness (QED) is 0.540. The second-order valence-electron chi connectivity index (χ2n) is 8.36. The molecular formula is C22H30N6O3. The minimum Gasteiger partial charge on any atom is -0.381 e. The van der Waals surface area contributed by atoms with Gasteiger partial charge in [0.2, 0.25) is 0 Å². The first-order valence-electron chi connectivity index (χ1n) is 10.8. The number of anilines is 1. The Balaban J connectivity index is 1.31. The van der Waals surface area contributed by atoms with Gasteiger partial charge in [-0.1, -0.05) is 12.1 Å². The molecule has 0 bridgehead atoms. The first-order valence-corrected chi connectivity index (χ1v) is 10.8. The summed E-state index contributed by atoms with van der Waals surface area (Å²) in [7, 11) is 0. The summed E-state index contributed by atoms with van der Waals surface area (Å²) in [5.74, 6) is 0.242. The van der Waals surface area contributed by atoms with Crippen molar-refractivity contribution in [2.45, 2.75) is 39.4 Å². The summed E-state index contributed by atoms with van der Waals surface area (Å²) in [6.45, 7) is 8.14. The molecule has 9 heteroatoms. The topological polar surface area (TPSA) is 109 Å². The molecular weight excluding hydrogens is 396 g/mol. The third kappa shape index (κ3) is 5.05. The number of urea groups is 1. The van der Waals surface area contributed by atoms with Crippen LogP contribution in [0.2, 0.25) is 0 Å². The molecule has 0 unspecified atom stereocenters. The van der Waals surface area contributed by atoms with Crippen LogP contribution in [-0.4, -0.2) is 48.0 Å². The predicted molar refractivity (Wildman–Crippen MR) is 117 cm³/mol. The lowest BCUT2D eigenvalue weighted by Gasteiger charge is -2.25. The van der Waals surface area contributed by atoms with Crippen LogP contribution < -0.4 is 21.3 Å². The van der Waals surface area contributed by atoms with Crippen LogP contribution in [0.1, 0.15) is 47.2 Å². The second-order valence-corrected chi connectivity index (χ2v) is 8.36. The van der Waals surface area contributed by atoms with Gasteiger partial charge in [-0.3, -0.25) is 9.48 Å². The summed E-state index contributed by atoms with van der Waals surface area (Å²) in [6.07, 6.45) is 0.879. The van der Waals surface area contributed by atoms with E-state index in [1.165, 1.54) is 0 Å². The smallest absolute Gasteiger partial charge is 0.319 e. The van der Waals surface area contributed by atoms with E-state index in [1.54, 1.807) is 0 Å². The van der Waals surface area contributed by atoms with Gasteiger partial charge in [-0.05, 0) is 31.5 Å². The number of nitrogens with one attached hydrogen (secondary N) is 4. The zero-order valence-electron chi connectivity index (χ0n) is 18.0. The van der Waals surface area contributed by atoms with Crippen LogP contribution in [0.5, 0.6) is 0 Å². The summed E-state index contributed by atoms with van der Waals surface area (Å²) < 4.78 is 7.06. The monoisotopic (exact) mass is 426 g/mol. The zero-order chi connectivity index (χ0) is 21.8. The number of carbonyl (C=O) groups is 2. The molecule has 9 nitrogen and oxygen atoms in total. The molecule has 3 amide bonds. The molecule has 1 fully saturated rings. The Hall–Kier alpha value is -2.91. The van der Waals surface area contributed by atoms with Crippen LogP contribution >= 0.6 is 0 Å². The number of amides is 3. The average Bonchev–Trinajstić information content (AvgIpc) is 3.12. The fraction of sp³-hybridized carbons (Fsp3) is 0.500. The van der Waals surface area contributed by atoms with E-state index in [2.05, 4.69) is 40.2 Å². The molecule has 2 aliphatic rings. The lowest BCUT2D eigenvalue weighted by Crippen LogP contribution is -2.40. The average molecular weight is 427 g/mol. The number of benzene rings is 1. The van der Waals surface area contributed by atoms with Gasteiger partial charge in [0.05, 0.1) is 13.2 Å². The lowest BCUT2D eigenvalue weighted by atomic mass is 10.1. The van der Waals surface area contributed by atoms with Gasteiger partial charge in [0.1, 0.15) is 0 Å². The molecule has 4 rings (SSSR count). The van der Waals surface area contributed by atoms with Crippen LogP contribution in [0.25, 0.3) is 0 Å². The third-order valence-electron chi connectivity index (χ3n) is 5.59. The first-order chi connectivity index (χ1) is 15.0. The Kier molecular flexibility index (Phi) is 6.53. The van der Waals surface area contributed by atoms with Gasteiger partial charge < -0.3 is 26.0 Å². The molecule has 0 atom stereocenters. The highest BCUT2D eigenvalue weighted by Gasteiger charge is 2.25. The van der Waals surface area contributed by atoms with E-state index in [1.807, 2.05) is 28.9 Å². The highest BCUT2D eigenvalue weighted by atomic mass is 16.5. The lowest BCUT2D eigenvalue weighted by molar-refractivity contribution is -0.0292. The molecule has 4 N–H and O–H groups in total. The molecule has 3 heterocycles. The molecule has 1 aromatic heterocycles. The fourth-order valence-corrected chi connectivity index (χ4v) is 3.77. The van der Waals surface area contributed by atoms with Crippen molar-refractivity contribution in [3.63, 3.8) is 0 Å². The van der Waals surface area contributed by atoms with E-state index >= 15 is 0 Å². The Labute approximate surface area is 181 Å². The molecule has 0 spiro atoms. The number of aromatic nitrogens is 2. The molecule has 166 valence electrons. The summed E-state index contributed by atoms with van der Waals surface area (Å²) in [5.41, 5.74) is 4.30. The van der Waals surface area contributed by atoms with Crippen molar-refractivity contribution in [1.82, 2.24) is 25.7 Å². The van der Waals surface area contributed by atoms with Crippen molar-refractivity contribution in [3.8, 4) is 0 Å². The standard InChI is InChI=1S/C22H30N6O3/c1-14(2)28-19-7-8-23-11-18(19)20(27-28)21(29)24-9-15-3-5-17(6-4-15)26-22(30)25-10-16-12-31-13-16/h3-6,14,16,23H,7-13H2,1-2H3,(H,24,29)(H2,25,26,30). The van der Waals surface area contributed by atoms with Gasteiger partial charge in [0.15, 0.2) is 5.69 Å². The number of rotatable bonds is 7. The number of hydrogen-bond donors (Lipinski definition) is 4. The van der Waals surface area contributed by atoms with Crippen molar-refractivity contribution in [3.05, 3.63) is 46.8 Å². The minimum atomic E-state index is -0.230. The molecule has 1 saturated heterocycles. The molecule has 0 saturated carbocycles. The van der Waals surface area contributed by atoms with Gasteiger partial charge in [-0.25, -0.2) is 4.79 Å². The van der Waals surface area contributed by atoms with Crippen LogP contribution in [0.3, 0.4) is 0 Å². The van der Waals surface area contributed by atoms with E-state index in [9.17, 15) is 9.59 Å². The normalized spacial score (nSPS) is 15.8. The Morgan fingerprint density at radius 2 is 2.00 bits per heavy atom. The van der Waals surface area contributed by atoms with E-state index in [-0.39, 0.29) is 18.0 Å². The molecule has 0 radical (unpaired) electrons. The number of nitrogens with zero attached hydrogens (tertiary/aromatic N) is 2. The van der Waals surface area contributed by atoms with Gasteiger partial charge in [0.25, 0.3) is 5.91 Å². The Bertz CT molecular complexity index is 933. The van der Waals surface area contributed by atoms with Gasteiger partial charge in [-0.15, -0.1) is 0 Å². The largest absolute Gasteiger partial charge is 0.381 e. The van der Waals surface area contributed by atoms with E-state index in [4.69, 9.17) is 4.74 Å². The van der Waals surface area contributed by atoms with Gasteiger partial charge in [0, 0.05) is 61.5 Å². The number of fused-ring (bicyclic) bond motifs is 1. The minimum absolute atomic E-state index is 0.166. The maximum absolute atomic E-state index is 12.8. The Morgan fingerprint density at radius 3 is 2.68 bits per heavy atom. The molecule has 1 aromatic carbocycles. The van der Waals surface area contributed by atoms with Crippen molar-refractivity contribution in [2.75, 3.05) is 31.6 Å². The third-order valence-corrected chi connectivity index (χ3v) is 5.59. The maximum atomic E-state index is 12.8. The fourth-order valence-electron chi connectivity index (χ4n) is 3.77. The highest BCUT2D eigenvalue weighted by Crippen LogP contribution is 2.22. The summed E-state index contributed by atoms with van der Waals surface area (Å²) in [4.78, 5) is 24.8. The molecule has 31 heavy (non-hydrogen) atoms. The molecule has 0 aliphatic carbocycles. The van der Waals surface area contributed by atoms with Crippen molar-refractivity contribution < 1.29 is 14.3 Å². The first kappa shape index (κ1) is 21.3. The summed E-state index contributed by atoms with van der Waals surface area (Å²) in [5, 5.41) is 16.5. The Morgan fingerprint density at radius 1 is 1.23 bits per heavy atom. The molecule has 2 aromatic rings. The molecule has 2 aliphatic heterocycles. The van der Waals surface area contributed by atoms with Gasteiger partial charge >= 0.3 is 6.03 Å². The van der Waals surface area contributed by atoms with Crippen LogP contribution in [0.15, 0.2) is 24.3 Å². The maximum Gasteiger partial charge on any atom is 0.319 e. The van der Waals surface area contributed by atoms with E-state index in [0.29, 0.717) is 50.1 Å². The SMILES string of the molecule is CC(C)n1nc(C(=O)NCc2ccc(NC(=O)NCC3COC3)cc2)c2c1CCNC2. The van der Waals surface area contributed by atoms with Crippen LogP contribution in [0.4, 0.5) is 10.5 Å². The highest BCUT2D eigenvalue weighted by molar-refractivity contribution is 5.94. The zero-order valence-corrected chi connectivity index (χ0v) is 18.0. The van der Waals surface area contributed by atoms with Crippen LogP contribution in [-0.2, 0) is 24.2 Å². The predicted octanol–water partition coefficient (Wildman–Crippen LogP) is 1.81. The number of carbonyl (C=O) groups excluding carboxylic acids is 2. The summed E-state index contributed by atoms with van der Waals surface area (Å²) >= 11 is 0. The van der Waals surface area contributed by atoms with Crippen molar-refractivity contribution >= 4 is 17.6 Å². The number of hydrogen-bond acceptors (Lipinski definition) is 5. The van der Waals surface area contributed by atoms with E-state index < -0.39 is 0 Å².